The van der Waals surface area contributed by atoms with Crippen molar-refractivity contribution in [2.45, 2.75) is 20.3 Å². The molecule has 2 aromatic carbocycles. The van der Waals surface area contributed by atoms with Gasteiger partial charge in [-0.1, -0.05) is 18.2 Å². The fourth-order valence-electron chi connectivity index (χ4n) is 3.06. The van der Waals surface area contributed by atoms with Gasteiger partial charge in [0.15, 0.2) is 5.78 Å². The van der Waals surface area contributed by atoms with E-state index in [4.69, 9.17) is 9.15 Å². The van der Waals surface area contributed by atoms with Gasteiger partial charge in [-0.05, 0) is 77.2 Å². The van der Waals surface area contributed by atoms with Gasteiger partial charge in [-0.15, -0.1) is 0 Å². The lowest BCUT2D eigenvalue weighted by molar-refractivity contribution is -0.150. The molecule has 1 N–H and O–H groups in total. The number of furan rings is 1. The molecule has 1 heterocycles. The van der Waals surface area contributed by atoms with E-state index in [0.717, 1.165) is 0 Å². The third kappa shape index (κ3) is 3.91. The molecule has 0 unspecified atom stereocenters. The molecular formula is C21H18I2O5. The molecule has 3 aromatic rings. The van der Waals surface area contributed by atoms with Gasteiger partial charge in [0.25, 0.3) is 0 Å². The highest BCUT2D eigenvalue weighted by Crippen LogP contribution is 2.35. The molecular weight excluding hydrogens is 586 g/mol. The van der Waals surface area contributed by atoms with Crippen LogP contribution in [0.25, 0.3) is 11.0 Å². The number of benzene rings is 2. The quantitative estimate of drug-likeness (QED) is 0.243. The topological polar surface area (TPSA) is 76.7 Å². The summed E-state index contributed by atoms with van der Waals surface area (Å²) in [5.41, 5.74) is 0.625. The molecule has 0 aliphatic heterocycles. The van der Waals surface area contributed by atoms with Crippen molar-refractivity contribution in [2.75, 3.05) is 7.11 Å². The van der Waals surface area contributed by atoms with Gasteiger partial charge in [0.1, 0.15) is 17.1 Å². The number of rotatable bonds is 5. The Labute approximate surface area is 189 Å². The number of hydrogen-bond acceptors (Lipinski definition) is 5. The van der Waals surface area contributed by atoms with Crippen LogP contribution >= 0.6 is 45.2 Å². The van der Waals surface area contributed by atoms with Crippen LogP contribution in [0.2, 0.25) is 0 Å². The number of para-hydroxylation sites is 1. The minimum atomic E-state index is -0.852. The number of halogens is 2. The van der Waals surface area contributed by atoms with Gasteiger partial charge in [-0.25, -0.2) is 0 Å². The summed E-state index contributed by atoms with van der Waals surface area (Å²) in [6, 6.07) is 10.6. The molecule has 0 spiro atoms. The van der Waals surface area contributed by atoms with E-state index >= 15 is 0 Å². The average Bonchev–Trinajstić information content (AvgIpc) is 3.01. The van der Waals surface area contributed by atoms with Crippen LogP contribution in [0.15, 0.2) is 40.8 Å². The Hall–Kier alpha value is -1.62. The van der Waals surface area contributed by atoms with E-state index in [1.54, 1.807) is 32.0 Å². The maximum Gasteiger partial charge on any atom is 0.311 e. The molecule has 146 valence electrons. The monoisotopic (exact) mass is 604 g/mol. The Morgan fingerprint density at radius 1 is 1.14 bits per heavy atom. The summed E-state index contributed by atoms with van der Waals surface area (Å²) in [5, 5.41) is 10.7. The standard InChI is InChI=1S/C21H18I2O5/c1-21(2,20(26)27-3)10-16-17(12-6-4-5-7-15(12)28-16)18(24)11-8-13(22)19(25)14(23)9-11/h4-9,25H,10H2,1-3H3. The lowest BCUT2D eigenvalue weighted by Gasteiger charge is -2.20. The smallest absolute Gasteiger partial charge is 0.311 e. The van der Waals surface area contributed by atoms with Crippen molar-refractivity contribution < 1.29 is 23.8 Å². The third-order valence-corrected chi connectivity index (χ3v) is 6.16. The number of phenols is 1. The summed E-state index contributed by atoms with van der Waals surface area (Å²) in [4.78, 5) is 25.6. The van der Waals surface area contributed by atoms with E-state index in [9.17, 15) is 14.7 Å². The largest absolute Gasteiger partial charge is 0.506 e. The summed E-state index contributed by atoms with van der Waals surface area (Å²) < 4.78 is 12.1. The average molecular weight is 604 g/mol. The molecule has 0 aliphatic rings. The number of phenolic OH excluding ortho intramolecular Hbond substituents is 1. The second kappa shape index (κ2) is 8.02. The summed E-state index contributed by atoms with van der Waals surface area (Å²) in [7, 11) is 1.34. The molecule has 28 heavy (non-hydrogen) atoms. The van der Waals surface area contributed by atoms with Crippen LogP contribution in [0.5, 0.6) is 5.75 Å². The third-order valence-electron chi connectivity index (χ3n) is 4.52. The van der Waals surface area contributed by atoms with Crippen LogP contribution in [-0.2, 0) is 16.0 Å². The van der Waals surface area contributed by atoms with Crippen LogP contribution in [-0.4, -0.2) is 24.0 Å². The number of hydrogen-bond donors (Lipinski definition) is 1. The van der Waals surface area contributed by atoms with E-state index in [1.165, 1.54) is 7.11 Å². The molecule has 0 amide bonds. The summed E-state index contributed by atoms with van der Waals surface area (Å²) in [5.74, 6) is 0.0121. The number of ketones is 1. The number of carbonyl (C=O) groups excluding carboxylic acids is 2. The molecule has 0 fully saturated rings. The molecule has 0 bridgehead atoms. The van der Waals surface area contributed by atoms with Crippen molar-refractivity contribution in [1.82, 2.24) is 0 Å². The van der Waals surface area contributed by atoms with Crippen molar-refractivity contribution in [2.24, 2.45) is 5.41 Å². The van der Waals surface area contributed by atoms with Gasteiger partial charge in [0.05, 0.1) is 25.2 Å². The predicted molar refractivity (Wildman–Crippen MR) is 123 cm³/mol. The zero-order chi connectivity index (χ0) is 20.6. The maximum atomic E-state index is 13.4. The molecule has 1 aromatic heterocycles. The van der Waals surface area contributed by atoms with E-state index in [2.05, 4.69) is 0 Å². The molecule has 7 heteroatoms. The number of ether oxygens (including phenoxy) is 1. The summed E-state index contributed by atoms with van der Waals surface area (Å²) in [6.07, 6.45) is 0.224. The highest BCUT2D eigenvalue weighted by atomic mass is 127. The van der Waals surface area contributed by atoms with Crippen molar-refractivity contribution in [3.8, 4) is 5.75 Å². The van der Waals surface area contributed by atoms with Crippen molar-refractivity contribution in [3.63, 3.8) is 0 Å². The SMILES string of the molecule is COC(=O)C(C)(C)Cc1oc2ccccc2c1C(=O)c1cc(I)c(O)c(I)c1. The van der Waals surface area contributed by atoms with E-state index < -0.39 is 5.41 Å². The molecule has 0 radical (unpaired) electrons. The number of carbonyl (C=O) groups is 2. The normalized spacial score (nSPS) is 11.6. The first-order valence-electron chi connectivity index (χ1n) is 8.47. The first kappa shape index (κ1) is 21.1. The van der Waals surface area contributed by atoms with E-state index in [1.807, 2.05) is 63.4 Å². The Morgan fingerprint density at radius 3 is 2.36 bits per heavy atom. The Morgan fingerprint density at radius 2 is 1.75 bits per heavy atom. The highest BCUT2D eigenvalue weighted by Gasteiger charge is 2.34. The zero-order valence-electron chi connectivity index (χ0n) is 15.5. The Bertz CT molecular complexity index is 1060. The fourth-order valence-corrected chi connectivity index (χ4v) is 4.83. The first-order chi connectivity index (χ1) is 13.2. The molecule has 3 rings (SSSR count). The lowest BCUT2D eigenvalue weighted by atomic mass is 9.86. The highest BCUT2D eigenvalue weighted by molar-refractivity contribution is 14.1. The van der Waals surface area contributed by atoms with Crippen LogP contribution in [0.1, 0.15) is 35.5 Å². The predicted octanol–water partition coefficient (Wildman–Crippen LogP) is 5.32. The number of fused-ring (bicyclic) bond motifs is 1. The zero-order valence-corrected chi connectivity index (χ0v) is 19.8. The first-order valence-corrected chi connectivity index (χ1v) is 10.6. The van der Waals surface area contributed by atoms with Gasteiger partial charge in [0.2, 0.25) is 0 Å². The molecule has 0 aliphatic carbocycles. The Kier molecular flexibility index (Phi) is 6.04. The van der Waals surface area contributed by atoms with Crippen molar-refractivity contribution >= 4 is 67.9 Å². The number of aromatic hydroxyl groups is 1. The number of methoxy groups -OCH3 is 1. The van der Waals surface area contributed by atoms with Gasteiger partial charge < -0.3 is 14.3 Å². The second-order valence-electron chi connectivity index (χ2n) is 7.07. The van der Waals surface area contributed by atoms with Crippen LogP contribution < -0.4 is 0 Å². The van der Waals surface area contributed by atoms with Gasteiger partial charge in [-0.3, -0.25) is 9.59 Å². The van der Waals surface area contributed by atoms with Crippen LogP contribution in [0.3, 0.4) is 0 Å². The lowest BCUT2D eigenvalue weighted by Crippen LogP contribution is -2.28. The second-order valence-corrected chi connectivity index (χ2v) is 9.39. The van der Waals surface area contributed by atoms with Crippen LogP contribution in [0.4, 0.5) is 0 Å². The minimum absolute atomic E-state index is 0.154. The Balaban J connectivity index is 2.17. The van der Waals surface area contributed by atoms with E-state index in [-0.39, 0.29) is 23.9 Å². The van der Waals surface area contributed by atoms with Gasteiger partial charge >= 0.3 is 5.97 Å². The number of esters is 1. The van der Waals surface area contributed by atoms with Gasteiger partial charge in [-0.2, -0.15) is 0 Å². The summed E-state index contributed by atoms with van der Waals surface area (Å²) in [6.45, 7) is 3.51. The van der Waals surface area contributed by atoms with Gasteiger partial charge in [0, 0.05) is 17.4 Å². The molecule has 0 saturated carbocycles. The maximum absolute atomic E-state index is 13.4. The molecule has 0 atom stereocenters. The van der Waals surface area contributed by atoms with Crippen LogP contribution in [0, 0.1) is 12.6 Å². The minimum Gasteiger partial charge on any atom is -0.506 e. The molecule has 5 nitrogen and oxygen atoms in total. The summed E-state index contributed by atoms with van der Waals surface area (Å²) >= 11 is 4.00. The van der Waals surface area contributed by atoms with Crippen molar-refractivity contribution in [3.05, 3.63) is 60.4 Å². The molecule has 0 saturated heterocycles. The van der Waals surface area contributed by atoms with E-state index in [0.29, 0.717) is 35.0 Å². The van der Waals surface area contributed by atoms with Crippen molar-refractivity contribution in [1.29, 1.82) is 0 Å². The fraction of sp³-hybridized carbons (Fsp3) is 0.238.